The molecule has 14 heavy (non-hydrogen) atoms. The summed E-state index contributed by atoms with van der Waals surface area (Å²) in [4.78, 5) is 0. The molecule has 0 bridgehead atoms. The molecule has 1 aliphatic carbocycles. The Morgan fingerprint density at radius 3 is 1.07 bits per heavy atom. The van der Waals surface area contributed by atoms with Crippen molar-refractivity contribution in [2.75, 3.05) is 0 Å². The Morgan fingerprint density at radius 1 is 0.571 bits per heavy atom. The van der Waals surface area contributed by atoms with Gasteiger partial charge in [0.1, 0.15) is 0 Å². The SMILES string of the molecule is C1CCCC1.CC.CCCCCCC. The number of unbranched alkanes of at least 4 members (excludes halogenated alkanes) is 4. The van der Waals surface area contributed by atoms with Crippen LogP contribution in [0.15, 0.2) is 0 Å². The number of hydrogen-bond acceptors (Lipinski definition) is 0. The maximum absolute atomic E-state index is 2.25. The molecule has 0 heteroatoms. The third kappa shape index (κ3) is 17.9. The molecule has 0 spiro atoms. The van der Waals surface area contributed by atoms with E-state index in [2.05, 4.69) is 13.8 Å². The van der Waals surface area contributed by atoms with E-state index in [0.29, 0.717) is 0 Å². The average molecular weight is 200 g/mol. The summed E-state index contributed by atoms with van der Waals surface area (Å²) in [6.45, 7) is 8.49. The van der Waals surface area contributed by atoms with Gasteiger partial charge in [-0.2, -0.15) is 0 Å². The standard InChI is InChI=1S/C7H16.C5H10.C2H6/c1-3-5-7-6-4-2;1-2-4-5-3-1;1-2/h3-7H2,1-2H3;1-5H2;1-2H3. The minimum absolute atomic E-state index is 1.36. The van der Waals surface area contributed by atoms with Crippen molar-refractivity contribution >= 4 is 0 Å². The Kier molecular flexibility index (Phi) is 22.0. The van der Waals surface area contributed by atoms with Crippen LogP contribution in [0.4, 0.5) is 0 Å². The van der Waals surface area contributed by atoms with E-state index in [1.54, 1.807) is 0 Å². The summed E-state index contributed by atoms with van der Waals surface area (Å²) in [6.07, 6.45) is 14.5. The molecule has 1 aliphatic rings. The van der Waals surface area contributed by atoms with Crippen LogP contribution in [0.25, 0.3) is 0 Å². The van der Waals surface area contributed by atoms with E-state index >= 15 is 0 Å². The molecule has 0 aliphatic heterocycles. The van der Waals surface area contributed by atoms with Crippen molar-refractivity contribution in [3.63, 3.8) is 0 Å². The van der Waals surface area contributed by atoms with E-state index in [4.69, 9.17) is 0 Å². The minimum atomic E-state index is 1.36. The average Bonchev–Trinajstić information content (AvgIpc) is 2.80. The van der Waals surface area contributed by atoms with Gasteiger partial charge in [0.2, 0.25) is 0 Å². The van der Waals surface area contributed by atoms with Gasteiger partial charge in [0.15, 0.2) is 0 Å². The smallest absolute Gasteiger partial charge is 0.0533 e. The van der Waals surface area contributed by atoms with Crippen molar-refractivity contribution in [3.8, 4) is 0 Å². The summed E-state index contributed by atoms with van der Waals surface area (Å²) in [6, 6.07) is 0. The molecule has 0 aromatic carbocycles. The second-order valence-corrected chi connectivity index (χ2v) is 3.83. The maximum atomic E-state index is 2.25. The fourth-order valence-electron chi connectivity index (χ4n) is 1.56. The van der Waals surface area contributed by atoms with Gasteiger partial charge in [0, 0.05) is 0 Å². The molecule has 0 radical (unpaired) electrons. The zero-order chi connectivity index (χ0) is 11.1. The van der Waals surface area contributed by atoms with Gasteiger partial charge in [0.05, 0.1) is 0 Å². The van der Waals surface area contributed by atoms with Crippen LogP contribution in [0.2, 0.25) is 0 Å². The molecule has 1 saturated carbocycles. The molecule has 0 saturated heterocycles. The largest absolute Gasteiger partial charge is 0.0683 e. The maximum Gasteiger partial charge on any atom is -0.0533 e. The van der Waals surface area contributed by atoms with E-state index in [-0.39, 0.29) is 0 Å². The highest BCUT2D eigenvalue weighted by Crippen LogP contribution is 2.15. The Bertz CT molecular complexity index is 50.8. The molecule has 0 N–H and O–H groups in total. The fourth-order valence-corrected chi connectivity index (χ4v) is 1.56. The van der Waals surface area contributed by atoms with E-state index in [1.807, 2.05) is 13.8 Å². The van der Waals surface area contributed by atoms with Crippen molar-refractivity contribution in [2.24, 2.45) is 0 Å². The highest BCUT2D eigenvalue weighted by molar-refractivity contribution is 4.51. The molecule has 1 fully saturated rings. The fraction of sp³-hybridized carbons (Fsp3) is 1.00. The van der Waals surface area contributed by atoms with Gasteiger partial charge in [-0.1, -0.05) is 91.9 Å². The molecule has 0 aromatic heterocycles. The summed E-state index contributed by atoms with van der Waals surface area (Å²) >= 11 is 0. The summed E-state index contributed by atoms with van der Waals surface area (Å²) in [7, 11) is 0. The topological polar surface area (TPSA) is 0 Å². The lowest BCUT2D eigenvalue weighted by Crippen LogP contribution is -1.70. The van der Waals surface area contributed by atoms with Crippen molar-refractivity contribution in [2.45, 2.75) is 91.9 Å². The predicted octanol–water partition coefficient (Wildman–Crippen LogP) is 5.95. The normalized spacial score (nSPS) is 13.7. The lowest BCUT2D eigenvalue weighted by Gasteiger charge is -1.90. The van der Waals surface area contributed by atoms with Crippen molar-refractivity contribution in [1.82, 2.24) is 0 Å². The van der Waals surface area contributed by atoms with Crippen LogP contribution in [-0.4, -0.2) is 0 Å². The Hall–Kier alpha value is 0. The second kappa shape index (κ2) is 18.7. The van der Waals surface area contributed by atoms with Crippen LogP contribution in [0, 0.1) is 0 Å². The zero-order valence-electron chi connectivity index (χ0n) is 11.1. The molecule has 0 nitrogen and oxygen atoms in total. The van der Waals surface area contributed by atoms with Crippen LogP contribution in [0.5, 0.6) is 0 Å². The van der Waals surface area contributed by atoms with Gasteiger partial charge in [-0.05, 0) is 0 Å². The molecule has 88 valence electrons. The first-order valence-electron chi connectivity index (χ1n) is 6.91. The van der Waals surface area contributed by atoms with Crippen molar-refractivity contribution < 1.29 is 0 Å². The molecule has 0 heterocycles. The zero-order valence-corrected chi connectivity index (χ0v) is 11.1. The van der Waals surface area contributed by atoms with Gasteiger partial charge in [0.25, 0.3) is 0 Å². The van der Waals surface area contributed by atoms with E-state index in [9.17, 15) is 0 Å². The molecule has 1 rings (SSSR count). The molecule has 0 amide bonds. The summed E-state index contributed by atoms with van der Waals surface area (Å²) in [5.74, 6) is 0. The van der Waals surface area contributed by atoms with Gasteiger partial charge in [-0.3, -0.25) is 0 Å². The van der Waals surface area contributed by atoms with Crippen LogP contribution < -0.4 is 0 Å². The van der Waals surface area contributed by atoms with Gasteiger partial charge < -0.3 is 0 Å². The van der Waals surface area contributed by atoms with E-state index in [1.165, 1.54) is 64.2 Å². The molecule has 0 atom stereocenters. The molecule has 0 unspecified atom stereocenters. The van der Waals surface area contributed by atoms with Gasteiger partial charge >= 0.3 is 0 Å². The Morgan fingerprint density at radius 2 is 0.857 bits per heavy atom. The molecule has 0 aromatic rings. The monoisotopic (exact) mass is 200 g/mol. The summed E-state index contributed by atoms with van der Waals surface area (Å²) in [5.41, 5.74) is 0. The first-order valence-corrected chi connectivity index (χ1v) is 6.91. The third-order valence-electron chi connectivity index (χ3n) is 2.46. The lowest BCUT2D eigenvalue weighted by molar-refractivity contribution is 0.656. The van der Waals surface area contributed by atoms with Gasteiger partial charge in [-0.25, -0.2) is 0 Å². The van der Waals surface area contributed by atoms with Crippen LogP contribution in [0.3, 0.4) is 0 Å². The Labute approximate surface area is 92.5 Å². The summed E-state index contributed by atoms with van der Waals surface area (Å²) < 4.78 is 0. The Balaban J connectivity index is 0. The van der Waals surface area contributed by atoms with Crippen molar-refractivity contribution in [3.05, 3.63) is 0 Å². The highest BCUT2D eigenvalue weighted by atomic mass is 14.0. The first kappa shape index (κ1) is 16.4. The quantitative estimate of drug-likeness (QED) is 0.492. The molecular weight excluding hydrogens is 168 g/mol. The van der Waals surface area contributed by atoms with Crippen LogP contribution in [-0.2, 0) is 0 Å². The minimum Gasteiger partial charge on any atom is -0.0683 e. The first-order chi connectivity index (χ1) is 6.91. The highest BCUT2D eigenvalue weighted by Gasteiger charge is 1.95. The van der Waals surface area contributed by atoms with E-state index < -0.39 is 0 Å². The van der Waals surface area contributed by atoms with Crippen LogP contribution in [0.1, 0.15) is 91.9 Å². The third-order valence-corrected chi connectivity index (χ3v) is 2.46. The predicted molar refractivity (Wildman–Crippen MR) is 68.9 cm³/mol. The van der Waals surface area contributed by atoms with Crippen LogP contribution >= 0.6 is 0 Å². The van der Waals surface area contributed by atoms with E-state index in [0.717, 1.165) is 0 Å². The number of hydrogen-bond donors (Lipinski definition) is 0. The van der Waals surface area contributed by atoms with Gasteiger partial charge in [-0.15, -0.1) is 0 Å². The molecular formula is C14H32. The van der Waals surface area contributed by atoms with Crippen molar-refractivity contribution in [1.29, 1.82) is 0 Å². The summed E-state index contributed by atoms with van der Waals surface area (Å²) in [5, 5.41) is 0. The lowest BCUT2D eigenvalue weighted by atomic mass is 10.2. The second-order valence-electron chi connectivity index (χ2n) is 3.83. The number of rotatable bonds is 4.